The van der Waals surface area contributed by atoms with Crippen molar-refractivity contribution in [1.82, 2.24) is 10.6 Å². The van der Waals surface area contributed by atoms with E-state index in [1.165, 1.54) is 12.1 Å². The van der Waals surface area contributed by atoms with Crippen molar-refractivity contribution in [2.24, 2.45) is 0 Å². The van der Waals surface area contributed by atoms with E-state index in [1.54, 1.807) is 49.4 Å². The van der Waals surface area contributed by atoms with Gasteiger partial charge in [0, 0.05) is 12.1 Å². The summed E-state index contributed by atoms with van der Waals surface area (Å²) in [6, 6.07) is 13.7. The maximum atomic E-state index is 12.1. The lowest BCUT2D eigenvalue weighted by Gasteiger charge is -2.14. The first kappa shape index (κ1) is 20.3. The molecule has 0 aliphatic carbocycles. The average Bonchev–Trinajstić information content (AvgIpc) is 2.65. The van der Waals surface area contributed by atoms with Crippen LogP contribution in [0.1, 0.15) is 22.8 Å². The summed E-state index contributed by atoms with van der Waals surface area (Å²) >= 11 is 0. The Kier molecular flexibility index (Phi) is 6.81. The van der Waals surface area contributed by atoms with Crippen molar-refractivity contribution in [2.75, 3.05) is 6.61 Å². The molecule has 2 rings (SSSR count). The number of rotatable bonds is 7. The van der Waals surface area contributed by atoms with Gasteiger partial charge in [-0.1, -0.05) is 30.3 Å². The molecule has 27 heavy (non-hydrogen) atoms. The SMILES string of the molecule is CC(NC(=O)c1ccccc1)C(=O)NCc1ccc(OCC(F)(F)F)cc1. The molecule has 2 amide bonds. The number of hydrogen-bond donors (Lipinski definition) is 2. The van der Waals surface area contributed by atoms with Crippen molar-refractivity contribution in [2.45, 2.75) is 25.7 Å². The van der Waals surface area contributed by atoms with E-state index in [-0.39, 0.29) is 24.1 Å². The number of amides is 2. The molecule has 0 radical (unpaired) electrons. The Bertz CT molecular complexity index is 762. The molecule has 0 saturated heterocycles. The van der Waals surface area contributed by atoms with Crippen LogP contribution in [0, 0.1) is 0 Å². The molecule has 0 spiro atoms. The molecule has 8 heteroatoms. The number of hydrogen-bond acceptors (Lipinski definition) is 3. The van der Waals surface area contributed by atoms with Crippen LogP contribution in [0.4, 0.5) is 13.2 Å². The lowest BCUT2D eigenvalue weighted by molar-refractivity contribution is -0.153. The van der Waals surface area contributed by atoms with Crippen LogP contribution in [-0.2, 0) is 11.3 Å². The van der Waals surface area contributed by atoms with Crippen LogP contribution in [0.25, 0.3) is 0 Å². The number of ether oxygens (including phenoxy) is 1. The monoisotopic (exact) mass is 380 g/mol. The second-order valence-electron chi connectivity index (χ2n) is 5.83. The Morgan fingerprint density at radius 2 is 1.67 bits per heavy atom. The number of halogens is 3. The first-order valence-electron chi connectivity index (χ1n) is 8.17. The van der Waals surface area contributed by atoms with E-state index in [1.807, 2.05) is 0 Å². The second-order valence-corrected chi connectivity index (χ2v) is 5.83. The maximum absolute atomic E-state index is 12.1. The van der Waals surface area contributed by atoms with Gasteiger partial charge in [0.2, 0.25) is 5.91 Å². The van der Waals surface area contributed by atoms with E-state index in [0.29, 0.717) is 11.1 Å². The van der Waals surface area contributed by atoms with Gasteiger partial charge in [-0.25, -0.2) is 0 Å². The topological polar surface area (TPSA) is 67.4 Å². The Morgan fingerprint density at radius 1 is 1.04 bits per heavy atom. The van der Waals surface area contributed by atoms with E-state index in [0.717, 1.165) is 0 Å². The highest BCUT2D eigenvalue weighted by Crippen LogP contribution is 2.18. The number of alkyl halides is 3. The molecule has 0 heterocycles. The van der Waals surface area contributed by atoms with Gasteiger partial charge in [-0.3, -0.25) is 9.59 Å². The normalized spacial score (nSPS) is 12.1. The van der Waals surface area contributed by atoms with E-state index < -0.39 is 18.8 Å². The van der Waals surface area contributed by atoms with Crippen molar-refractivity contribution >= 4 is 11.8 Å². The molecule has 2 N–H and O–H groups in total. The van der Waals surface area contributed by atoms with Crippen LogP contribution in [0.3, 0.4) is 0 Å². The van der Waals surface area contributed by atoms with Gasteiger partial charge in [0.1, 0.15) is 11.8 Å². The number of carbonyl (C=O) groups is 2. The van der Waals surface area contributed by atoms with E-state index in [2.05, 4.69) is 15.4 Å². The Balaban J connectivity index is 1.79. The minimum absolute atomic E-state index is 0.0888. The fourth-order valence-electron chi connectivity index (χ4n) is 2.15. The molecule has 0 fully saturated rings. The molecule has 0 aliphatic rings. The van der Waals surface area contributed by atoms with Crippen LogP contribution < -0.4 is 15.4 Å². The first-order chi connectivity index (χ1) is 12.7. The molecule has 1 atom stereocenters. The second kappa shape index (κ2) is 9.07. The zero-order chi connectivity index (χ0) is 19.9. The van der Waals surface area contributed by atoms with Gasteiger partial charge >= 0.3 is 6.18 Å². The van der Waals surface area contributed by atoms with Crippen molar-refractivity contribution in [1.29, 1.82) is 0 Å². The summed E-state index contributed by atoms with van der Waals surface area (Å²) in [7, 11) is 0. The third kappa shape index (κ3) is 7.01. The van der Waals surface area contributed by atoms with Crippen LogP contribution in [0.2, 0.25) is 0 Å². The van der Waals surface area contributed by atoms with Gasteiger partial charge < -0.3 is 15.4 Å². The third-order valence-corrected chi connectivity index (χ3v) is 3.57. The van der Waals surface area contributed by atoms with Crippen LogP contribution in [-0.4, -0.2) is 30.6 Å². The highest BCUT2D eigenvalue weighted by atomic mass is 19.4. The molecule has 0 saturated carbocycles. The van der Waals surface area contributed by atoms with E-state index >= 15 is 0 Å². The standard InChI is InChI=1S/C19H19F3N2O3/c1-13(24-18(26)15-5-3-2-4-6-15)17(25)23-11-14-7-9-16(10-8-14)27-12-19(20,21)22/h2-10,13H,11-12H2,1H3,(H,23,25)(H,24,26). The summed E-state index contributed by atoms with van der Waals surface area (Å²) in [5.41, 5.74) is 1.14. The molecule has 0 bridgehead atoms. The zero-order valence-electron chi connectivity index (χ0n) is 14.5. The maximum Gasteiger partial charge on any atom is 0.422 e. The molecular weight excluding hydrogens is 361 g/mol. The predicted molar refractivity (Wildman–Crippen MR) is 93.2 cm³/mol. The Morgan fingerprint density at radius 3 is 2.26 bits per heavy atom. The number of carbonyl (C=O) groups excluding carboxylic acids is 2. The fourth-order valence-corrected chi connectivity index (χ4v) is 2.15. The third-order valence-electron chi connectivity index (χ3n) is 3.57. The van der Waals surface area contributed by atoms with Crippen LogP contribution >= 0.6 is 0 Å². The Labute approximate surface area is 154 Å². The zero-order valence-corrected chi connectivity index (χ0v) is 14.5. The van der Waals surface area contributed by atoms with Gasteiger partial charge in [0.05, 0.1) is 0 Å². The first-order valence-corrected chi connectivity index (χ1v) is 8.17. The smallest absolute Gasteiger partial charge is 0.422 e. The molecular formula is C19H19F3N2O3. The van der Waals surface area contributed by atoms with Crippen LogP contribution in [0.5, 0.6) is 5.75 Å². The lowest BCUT2D eigenvalue weighted by atomic mass is 10.2. The van der Waals surface area contributed by atoms with Crippen molar-refractivity contribution in [3.05, 3.63) is 65.7 Å². The molecule has 5 nitrogen and oxygen atoms in total. The quantitative estimate of drug-likeness (QED) is 0.776. The summed E-state index contributed by atoms with van der Waals surface area (Å²) in [4.78, 5) is 24.1. The van der Waals surface area contributed by atoms with E-state index in [4.69, 9.17) is 0 Å². The summed E-state index contributed by atoms with van der Waals surface area (Å²) in [6.45, 7) is 0.371. The van der Waals surface area contributed by atoms with Gasteiger partial charge in [0.15, 0.2) is 6.61 Å². The molecule has 0 aromatic heterocycles. The van der Waals surface area contributed by atoms with Crippen molar-refractivity contribution < 1.29 is 27.5 Å². The van der Waals surface area contributed by atoms with Gasteiger partial charge in [-0.15, -0.1) is 0 Å². The predicted octanol–water partition coefficient (Wildman–Crippen LogP) is 3.06. The lowest BCUT2D eigenvalue weighted by Crippen LogP contribution is -2.44. The average molecular weight is 380 g/mol. The summed E-state index contributed by atoms with van der Waals surface area (Å²) < 4.78 is 40.9. The highest BCUT2D eigenvalue weighted by Gasteiger charge is 2.28. The van der Waals surface area contributed by atoms with Gasteiger partial charge in [-0.2, -0.15) is 13.2 Å². The summed E-state index contributed by atoms with van der Waals surface area (Å²) in [5, 5.41) is 5.25. The number of nitrogens with one attached hydrogen (secondary N) is 2. The summed E-state index contributed by atoms with van der Waals surface area (Å²) in [6.07, 6.45) is -4.40. The molecule has 1 unspecified atom stereocenters. The molecule has 0 aliphatic heterocycles. The largest absolute Gasteiger partial charge is 0.484 e. The minimum atomic E-state index is -4.40. The van der Waals surface area contributed by atoms with Gasteiger partial charge in [0.25, 0.3) is 5.91 Å². The Hall–Kier alpha value is -3.03. The highest BCUT2D eigenvalue weighted by molar-refractivity contribution is 5.97. The van der Waals surface area contributed by atoms with Gasteiger partial charge in [-0.05, 0) is 36.8 Å². The van der Waals surface area contributed by atoms with Crippen molar-refractivity contribution in [3.63, 3.8) is 0 Å². The minimum Gasteiger partial charge on any atom is -0.484 e. The fraction of sp³-hybridized carbons (Fsp3) is 0.263. The molecule has 144 valence electrons. The van der Waals surface area contributed by atoms with E-state index in [9.17, 15) is 22.8 Å². The molecule has 2 aromatic carbocycles. The number of benzene rings is 2. The van der Waals surface area contributed by atoms with Crippen LogP contribution in [0.15, 0.2) is 54.6 Å². The molecule has 2 aromatic rings. The van der Waals surface area contributed by atoms with Crippen molar-refractivity contribution in [3.8, 4) is 5.75 Å². The summed E-state index contributed by atoms with van der Waals surface area (Å²) in [5.74, 6) is -0.646.